The first-order chi connectivity index (χ1) is 8.33. The molecule has 8 heteroatoms. The van der Waals surface area contributed by atoms with Crippen LogP contribution >= 0.6 is 15.9 Å². The number of halogens is 1. The minimum Gasteiger partial charge on any atom is -0.463 e. The number of esters is 1. The molecule has 0 saturated heterocycles. The molecule has 0 fully saturated rings. The normalized spacial score (nSPS) is 13.4. The van der Waals surface area contributed by atoms with Crippen molar-refractivity contribution >= 4 is 30.0 Å². The number of nitrogens with one attached hydrogen (secondary N) is 1. The third-order valence-corrected chi connectivity index (χ3v) is 4.60. The van der Waals surface area contributed by atoms with Crippen molar-refractivity contribution < 1.29 is 14.3 Å². The molecule has 1 heterocycles. The number of methoxy groups -OCH3 is 1. The molecular weight excluding hydrogens is 318 g/mol. The van der Waals surface area contributed by atoms with E-state index in [4.69, 9.17) is 4.74 Å². The van der Waals surface area contributed by atoms with E-state index in [1.54, 1.807) is 0 Å². The van der Waals surface area contributed by atoms with Gasteiger partial charge in [0.1, 0.15) is 0 Å². The van der Waals surface area contributed by atoms with E-state index in [-0.39, 0.29) is 10.8 Å². The second-order valence-electron chi connectivity index (χ2n) is 5.03. The molecule has 0 radical (unpaired) electrons. The van der Waals surface area contributed by atoms with Crippen molar-refractivity contribution in [2.75, 3.05) is 13.7 Å². The fourth-order valence-electron chi connectivity index (χ4n) is 1.11. The first kappa shape index (κ1) is 15.3. The zero-order chi connectivity index (χ0) is 13.8. The molecule has 1 aromatic rings. The van der Waals surface area contributed by atoms with E-state index in [1.165, 1.54) is 7.11 Å². The SMILES string of the molecule is COC(=O)c1n[nH]c(C(Br)OCC[Si](C)(C)C)n1. The van der Waals surface area contributed by atoms with Crippen molar-refractivity contribution in [2.45, 2.75) is 30.7 Å². The van der Waals surface area contributed by atoms with Crippen LogP contribution in [0.4, 0.5) is 0 Å². The highest BCUT2D eigenvalue weighted by molar-refractivity contribution is 9.09. The minimum atomic E-state index is -1.11. The van der Waals surface area contributed by atoms with Gasteiger partial charge in [0.15, 0.2) is 10.8 Å². The summed E-state index contributed by atoms with van der Waals surface area (Å²) >= 11 is 3.35. The van der Waals surface area contributed by atoms with Crippen LogP contribution in [0.3, 0.4) is 0 Å². The summed E-state index contributed by atoms with van der Waals surface area (Å²) in [4.78, 5) is 15.2. The quantitative estimate of drug-likeness (QED) is 0.490. The lowest BCUT2D eigenvalue weighted by atomic mass is 10.6. The van der Waals surface area contributed by atoms with E-state index in [0.29, 0.717) is 12.4 Å². The summed E-state index contributed by atoms with van der Waals surface area (Å²) in [6.45, 7) is 7.50. The van der Waals surface area contributed by atoms with Crippen molar-refractivity contribution in [1.82, 2.24) is 15.2 Å². The van der Waals surface area contributed by atoms with Gasteiger partial charge in [-0.2, -0.15) is 0 Å². The average Bonchev–Trinajstić information content (AvgIpc) is 2.75. The van der Waals surface area contributed by atoms with Crippen LogP contribution in [0.2, 0.25) is 25.7 Å². The number of carbonyl (C=O) groups excluding carboxylic acids is 1. The Morgan fingerprint density at radius 3 is 2.72 bits per heavy atom. The van der Waals surface area contributed by atoms with Crippen molar-refractivity contribution in [2.24, 2.45) is 0 Å². The second kappa shape index (κ2) is 6.44. The highest BCUT2D eigenvalue weighted by atomic mass is 79.9. The monoisotopic (exact) mass is 335 g/mol. The maximum Gasteiger partial charge on any atom is 0.377 e. The predicted octanol–water partition coefficient (Wildman–Crippen LogP) is 2.34. The van der Waals surface area contributed by atoms with E-state index in [1.807, 2.05) is 0 Å². The van der Waals surface area contributed by atoms with Crippen LogP contribution in [0.5, 0.6) is 0 Å². The van der Waals surface area contributed by atoms with E-state index in [2.05, 4.69) is 55.5 Å². The maximum atomic E-state index is 11.2. The number of carbonyl (C=O) groups is 1. The molecule has 18 heavy (non-hydrogen) atoms. The molecule has 1 aromatic heterocycles. The van der Waals surface area contributed by atoms with Crippen molar-refractivity contribution in [1.29, 1.82) is 0 Å². The van der Waals surface area contributed by atoms with Crippen LogP contribution in [0.1, 0.15) is 21.5 Å². The Kier molecular flexibility index (Phi) is 5.48. The van der Waals surface area contributed by atoms with Gasteiger partial charge in [-0.15, -0.1) is 5.10 Å². The summed E-state index contributed by atoms with van der Waals surface area (Å²) in [5, 5.41) is 6.01. The molecule has 0 bridgehead atoms. The van der Waals surface area contributed by atoms with Crippen molar-refractivity contribution in [3.8, 4) is 0 Å². The zero-order valence-corrected chi connectivity index (χ0v) is 13.6. The van der Waals surface area contributed by atoms with Gasteiger partial charge in [0.05, 0.1) is 7.11 Å². The van der Waals surface area contributed by atoms with Crippen molar-refractivity contribution in [3.05, 3.63) is 11.6 Å². The molecule has 0 amide bonds. The summed E-state index contributed by atoms with van der Waals surface area (Å²) in [6.07, 6.45) is 0. The Balaban J connectivity index is 2.49. The molecule has 0 aromatic carbocycles. The van der Waals surface area contributed by atoms with Gasteiger partial charge >= 0.3 is 5.97 Å². The van der Waals surface area contributed by atoms with Gasteiger partial charge in [0.25, 0.3) is 5.82 Å². The largest absolute Gasteiger partial charge is 0.463 e. The van der Waals surface area contributed by atoms with Gasteiger partial charge in [0, 0.05) is 14.7 Å². The summed E-state index contributed by atoms with van der Waals surface area (Å²) in [6, 6.07) is 1.06. The lowest BCUT2D eigenvalue weighted by Crippen LogP contribution is -2.21. The lowest BCUT2D eigenvalue weighted by molar-refractivity contribution is 0.0587. The number of nitrogens with zero attached hydrogens (tertiary/aromatic N) is 2. The van der Waals surface area contributed by atoms with Gasteiger partial charge in [-0.25, -0.2) is 9.78 Å². The first-order valence-corrected chi connectivity index (χ1v) is 10.2. The second-order valence-corrected chi connectivity index (χ2v) is 11.5. The van der Waals surface area contributed by atoms with E-state index in [9.17, 15) is 4.79 Å². The van der Waals surface area contributed by atoms with Gasteiger partial charge < -0.3 is 9.47 Å². The Hall–Kier alpha value is -0.733. The van der Waals surface area contributed by atoms with Crippen LogP contribution in [0.25, 0.3) is 0 Å². The van der Waals surface area contributed by atoms with Crippen LogP contribution in [0.15, 0.2) is 0 Å². The number of aromatic amines is 1. The molecule has 6 nitrogen and oxygen atoms in total. The zero-order valence-electron chi connectivity index (χ0n) is 11.0. The lowest BCUT2D eigenvalue weighted by Gasteiger charge is -2.16. The van der Waals surface area contributed by atoms with Crippen LogP contribution in [-0.2, 0) is 9.47 Å². The average molecular weight is 336 g/mol. The molecule has 102 valence electrons. The Labute approximate surface area is 116 Å². The number of alkyl halides is 1. The maximum absolute atomic E-state index is 11.2. The first-order valence-electron chi connectivity index (χ1n) is 5.60. The standard InChI is InChI=1S/C10H18BrN3O3Si/c1-16-10(15)9-12-8(13-14-9)7(11)17-5-6-18(2,3)4/h7H,5-6H2,1-4H3,(H,12,13,14). The molecule has 0 aliphatic carbocycles. The fraction of sp³-hybridized carbons (Fsp3) is 0.700. The number of hydrogen-bond acceptors (Lipinski definition) is 5. The molecule has 1 unspecified atom stereocenters. The minimum absolute atomic E-state index is 0.00532. The fourth-order valence-corrected chi connectivity index (χ4v) is 2.23. The molecular formula is C10H18BrN3O3Si. The molecule has 1 N–H and O–H groups in total. The molecule has 0 aliphatic rings. The summed E-state index contributed by atoms with van der Waals surface area (Å²) in [5.41, 5.74) is 0. The molecule has 0 aliphatic heterocycles. The highest BCUT2D eigenvalue weighted by Gasteiger charge is 2.19. The number of H-pyrrole nitrogens is 1. The number of hydrogen-bond donors (Lipinski definition) is 1. The van der Waals surface area contributed by atoms with Gasteiger partial charge in [-0.1, -0.05) is 19.6 Å². The number of ether oxygens (including phenoxy) is 2. The van der Waals surface area contributed by atoms with Crippen LogP contribution < -0.4 is 0 Å². The molecule has 1 atom stereocenters. The van der Waals surface area contributed by atoms with E-state index >= 15 is 0 Å². The van der Waals surface area contributed by atoms with Crippen LogP contribution in [0, 0.1) is 0 Å². The highest BCUT2D eigenvalue weighted by Crippen LogP contribution is 2.22. The van der Waals surface area contributed by atoms with E-state index < -0.39 is 14.0 Å². The Morgan fingerprint density at radius 1 is 1.50 bits per heavy atom. The smallest absolute Gasteiger partial charge is 0.377 e. The third kappa shape index (κ3) is 4.87. The molecule has 0 saturated carbocycles. The van der Waals surface area contributed by atoms with Crippen LogP contribution in [-0.4, -0.2) is 42.9 Å². The third-order valence-electron chi connectivity index (χ3n) is 2.20. The summed E-state index contributed by atoms with van der Waals surface area (Å²) in [5.74, 6) is -0.101. The van der Waals surface area contributed by atoms with Gasteiger partial charge in [-0.3, -0.25) is 5.10 Å². The topological polar surface area (TPSA) is 77.1 Å². The van der Waals surface area contributed by atoms with Gasteiger partial charge in [0.2, 0.25) is 0 Å². The Morgan fingerprint density at radius 2 is 2.17 bits per heavy atom. The Bertz CT molecular complexity index is 405. The molecule has 0 spiro atoms. The summed E-state index contributed by atoms with van der Waals surface area (Å²) in [7, 11) is 0.177. The predicted molar refractivity (Wildman–Crippen MR) is 73.5 cm³/mol. The molecule has 1 rings (SSSR count). The number of aromatic nitrogens is 3. The van der Waals surface area contributed by atoms with E-state index in [0.717, 1.165) is 6.04 Å². The van der Waals surface area contributed by atoms with Gasteiger partial charge in [-0.05, 0) is 22.0 Å². The summed E-state index contributed by atoms with van der Waals surface area (Å²) < 4.78 is 10.1. The number of rotatable bonds is 6. The van der Waals surface area contributed by atoms with Crippen molar-refractivity contribution in [3.63, 3.8) is 0 Å².